The fraction of sp³-hybridized carbons (Fsp3) is 0.627. The molecular weight excluding hydrogens is 869 g/mol. The van der Waals surface area contributed by atoms with Crippen molar-refractivity contribution >= 4 is 41.3 Å². The summed E-state index contributed by atoms with van der Waals surface area (Å²) in [5, 5.41) is 13.8. The largest absolute Gasteiger partial charge is 0.492 e. The maximum absolute atomic E-state index is 14.1. The molecule has 2 aromatic carbocycles. The lowest BCUT2D eigenvalue weighted by Gasteiger charge is -2.29. The van der Waals surface area contributed by atoms with Crippen LogP contribution in [0, 0.1) is 0 Å². The number of nitrogens with one attached hydrogen (secondary N) is 5. The molecule has 17 nitrogen and oxygen atoms in total. The second-order valence-electron chi connectivity index (χ2n) is 16.5. The predicted molar refractivity (Wildman–Crippen MR) is 268 cm³/mol. The second kappa shape index (κ2) is 36.6. The van der Waals surface area contributed by atoms with Crippen molar-refractivity contribution in [2.24, 2.45) is 11.5 Å². The van der Waals surface area contributed by atoms with Gasteiger partial charge in [0.05, 0.1) is 19.6 Å². The molecular formula is C51H84N8O9. The number of nitrogens with zero attached hydrogens (tertiary/aromatic N) is 1. The first-order valence-electron chi connectivity index (χ1n) is 24.8. The highest BCUT2D eigenvalue weighted by atomic mass is 16.5. The number of carbonyl (C=O) groups is 7. The van der Waals surface area contributed by atoms with E-state index < -0.39 is 67.2 Å². The standard InChI is InChI=1S/C45H67N7O9.C4H11N.C2H6/c1-5-7-8-9-10-11-12-13-21-47-22-19-40(55)48-29-42(57)52(4)43-34-17-16-33(14-6-2)36(26-34)37-24-32(15-18-39(37)60-23-20-46)25-38(51-41(56)28-50-45(43)59)44(58)49-27-35(54)30-61-31(3)53;1-2-3-4-5;1-2/h15-18,24,26,38,43,47H,5-14,19-23,25,27-30,46H2,1-4H3,(H,48,55)(H,49,58)(H,50,59)(H,51,56);2-5H2,1H3;1-2H3. The molecule has 3 rings (SSSR count). The molecule has 2 aromatic rings. The molecule has 2 unspecified atom stereocenters. The van der Waals surface area contributed by atoms with Crippen LogP contribution in [0.1, 0.15) is 141 Å². The number of hydrogen-bond acceptors (Lipinski definition) is 12. The second-order valence-corrected chi connectivity index (χ2v) is 16.5. The van der Waals surface area contributed by atoms with Crippen LogP contribution in [0.2, 0.25) is 0 Å². The van der Waals surface area contributed by atoms with Gasteiger partial charge < -0.3 is 52.4 Å². The third-order valence-corrected chi connectivity index (χ3v) is 10.8. The predicted octanol–water partition coefficient (Wildman–Crippen LogP) is 4.56. The van der Waals surface area contributed by atoms with Crippen LogP contribution in [0.25, 0.3) is 11.1 Å². The van der Waals surface area contributed by atoms with Gasteiger partial charge in [-0.25, -0.2) is 0 Å². The highest BCUT2D eigenvalue weighted by Crippen LogP contribution is 2.37. The molecule has 17 heteroatoms. The molecule has 2 atom stereocenters. The van der Waals surface area contributed by atoms with E-state index in [1.165, 1.54) is 63.3 Å². The van der Waals surface area contributed by atoms with Gasteiger partial charge in [0.25, 0.3) is 0 Å². The van der Waals surface area contributed by atoms with Gasteiger partial charge in [0.15, 0.2) is 12.4 Å². The summed E-state index contributed by atoms with van der Waals surface area (Å²) < 4.78 is 10.8. The van der Waals surface area contributed by atoms with Crippen molar-refractivity contribution in [3.8, 4) is 16.9 Å². The number of fused-ring (bicyclic) bond motifs is 5. The van der Waals surface area contributed by atoms with E-state index >= 15 is 0 Å². The van der Waals surface area contributed by atoms with Gasteiger partial charge in [0.1, 0.15) is 24.4 Å². The number of amides is 5. The first-order valence-corrected chi connectivity index (χ1v) is 24.8. The zero-order chi connectivity index (χ0) is 50.7. The average Bonchev–Trinajstić information content (AvgIpc) is 3.33. The number of likely N-dealkylation sites (N-methyl/N-ethyl adjacent to an activating group) is 1. The van der Waals surface area contributed by atoms with E-state index in [-0.39, 0.29) is 38.4 Å². The lowest BCUT2D eigenvalue weighted by Crippen LogP contribution is -2.52. The van der Waals surface area contributed by atoms with Gasteiger partial charge in [0.2, 0.25) is 29.5 Å². The average molecular weight is 953 g/mol. The zero-order valence-electron chi connectivity index (χ0n) is 42.2. The quantitative estimate of drug-likeness (QED) is 0.0481. The summed E-state index contributed by atoms with van der Waals surface area (Å²) in [5.74, 6) is -3.58. The first kappa shape index (κ1) is 60.6. The number of esters is 1. The summed E-state index contributed by atoms with van der Waals surface area (Å²) in [6, 6.07) is 8.47. The smallest absolute Gasteiger partial charge is 0.303 e. The summed E-state index contributed by atoms with van der Waals surface area (Å²) in [5.41, 5.74) is 14.4. The van der Waals surface area contributed by atoms with Crippen LogP contribution < -0.4 is 42.8 Å². The molecule has 0 saturated heterocycles. The van der Waals surface area contributed by atoms with Crippen LogP contribution >= 0.6 is 0 Å². The number of unbranched alkanes of at least 4 members (excludes halogenated alkanes) is 8. The lowest BCUT2D eigenvalue weighted by molar-refractivity contribution is -0.145. The van der Waals surface area contributed by atoms with Crippen molar-refractivity contribution < 1.29 is 43.0 Å². The minimum absolute atomic E-state index is 0.0114. The van der Waals surface area contributed by atoms with Crippen molar-refractivity contribution in [3.05, 3.63) is 53.1 Å². The Morgan fingerprint density at radius 3 is 2.12 bits per heavy atom. The highest BCUT2D eigenvalue weighted by Gasteiger charge is 2.31. The maximum atomic E-state index is 14.1. The molecule has 0 spiro atoms. The molecule has 382 valence electrons. The van der Waals surface area contributed by atoms with E-state index in [0.717, 1.165) is 50.4 Å². The van der Waals surface area contributed by atoms with Crippen molar-refractivity contribution in [3.63, 3.8) is 0 Å². The van der Waals surface area contributed by atoms with E-state index in [1.54, 1.807) is 18.2 Å². The minimum Gasteiger partial charge on any atom is -0.492 e. The number of Topliss-reactive ketones (excluding diaryl/α,β-unsaturated/α-hetero) is 1. The normalized spacial score (nSPS) is 14.2. The number of ketones is 1. The SMILES string of the molecule is CC.CCCCCCCCCCNCCC(=O)NCC(=O)N(C)C1C(=O)NCC(=O)NC(C(=O)NCC(=O)COC(C)=O)Cc2ccc(OCCN)c(c2)-c2cc1ccc2CCC.CCCCN. The fourth-order valence-electron chi connectivity index (χ4n) is 7.21. The van der Waals surface area contributed by atoms with Gasteiger partial charge in [-0.05, 0) is 72.8 Å². The summed E-state index contributed by atoms with van der Waals surface area (Å²) >= 11 is 0. The van der Waals surface area contributed by atoms with E-state index in [2.05, 4.69) is 40.4 Å². The number of ether oxygens (including phenoxy) is 2. The molecule has 68 heavy (non-hydrogen) atoms. The Bertz CT molecular complexity index is 1840. The van der Waals surface area contributed by atoms with Crippen LogP contribution in [0.4, 0.5) is 0 Å². The monoisotopic (exact) mass is 953 g/mol. The molecule has 4 bridgehead atoms. The zero-order valence-corrected chi connectivity index (χ0v) is 42.2. The van der Waals surface area contributed by atoms with Crippen molar-refractivity contribution in [1.29, 1.82) is 0 Å². The van der Waals surface area contributed by atoms with Gasteiger partial charge >= 0.3 is 5.97 Å². The Hall–Kier alpha value is -5.39. The molecule has 1 aliphatic rings. The minimum atomic E-state index is -1.22. The van der Waals surface area contributed by atoms with Gasteiger partial charge in [-0.15, -0.1) is 0 Å². The van der Waals surface area contributed by atoms with Gasteiger partial charge in [-0.1, -0.05) is 111 Å². The Labute approximate surface area is 405 Å². The Morgan fingerprint density at radius 2 is 1.49 bits per heavy atom. The number of rotatable bonds is 27. The van der Waals surface area contributed by atoms with Crippen molar-refractivity contribution in [2.45, 2.75) is 144 Å². The molecule has 0 aliphatic carbocycles. The van der Waals surface area contributed by atoms with Crippen LogP contribution in [0.15, 0.2) is 36.4 Å². The summed E-state index contributed by atoms with van der Waals surface area (Å²) in [6.45, 7) is 12.3. The van der Waals surface area contributed by atoms with E-state index in [4.69, 9.17) is 20.9 Å². The number of nitrogens with two attached hydrogens (primary N) is 2. The summed E-state index contributed by atoms with van der Waals surface area (Å²) in [7, 11) is 1.46. The summed E-state index contributed by atoms with van der Waals surface area (Å²) in [6.07, 6.45) is 13.8. The third kappa shape index (κ3) is 24.1. The molecule has 0 saturated carbocycles. The molecule has 1 heterocycles. The van der Waals surface area contributed by atoms with Crippen LogP contribution in [0.3, 0.4) is 0 Å². The summed E-state index contributed by atoms with van der Waals surface area (Å²) in [4.78, 5) is 91.9. The number of benzene rings is 2. The van der Waals surface area contributed by atoms with Crippen LogP contribution in [0.5, 0.6) is 5.75 Å². The van der Waals surface area contributed by atoms with E-state index in [1.807, 2.05) is 39.0 Å². The topological polar surface area (TPSA) is 253 Å². The van der Waals surface area contributed by atoms with Crippen LogP contribution in [-0.2, 0) is 51.1 Å². The molecule has 0 aromatic heterocycles. The molecule has 0 fully saturated rings. The fourth-order valence-corrected chi connectivity index (χ4v) is 7.21. The molecule has 9 N–H and O–H groups in total. The van der Waals surface area contributed by atoms with Crippen LogP contribution in [-0.4, -0.2) is 118 Å². The highest BCUT2D eigenvalue weighted by molar-refractivity contribution is 5.95. The maximum Gasteiger partial charge on any atom is 0.303 e. The Morgan fingerprint density at radius 1 is 0.794 bits per heavy atom. The molecule has 0 radical (unpaired) electrons. The number of carbonyl (C=O) groups excluding carboxylic acids is 7. The van der Waals surface area contributed by atoms with Gasteiger partial charge in [0, 0.05) is 45.5 Å². The number of hydrogen-bond donors (Lipinski definition) is 7. The van der Waals surface area contributed by atoms with Gasteiger partial charge in [-0.2, -0.15) is 0 Å². The van der Waals surface area contributed by atoms with E-state index in [0.29, 0.717) is 35.4 Å². The molecule has 5 amide bonds. The lowest BCUT2D eigenvalue weighted by atomic mass is 9.90. The third-order valence-electron chi connectivity index (χ3n) is 10.8. The molecule has 1 aliphatic heterocycles. The van der Waals surface area contributed by atoms with Crippen molar-refractivity contribution in [1.82, 2.24) is 31.5 Å². The first-order chi connectivity index (χ1) is 32.8. The van der Waals surface area contributed by atoms with Crippen molar-refractivity contribution in [2.75, 3.05) is 66.1 Å². The Balaban J connectivity index is 0.00000309. The number of aryl methyl sites for hydroxylation is 1. The Kier molecular flexibility index (Phi) is 32.7. The van der Waals surface area contributed by atoms with Gasteiger partial charge in [-0.3, -0.25) is 33.6 Å². The van der Waals surface area contributed by atoms with E-state index in [9.17, 15) is 33.6 Å².